The number of halogens is 1. The lowest BCUT2D eigenvalue weighted by Crippen LogP contribution is -2.19. The van der Waals surface area contributed by atoms with Gasteiger partial charge in [0.15, 0.2) is 11.5 Å². The summed E-state index contributed by atoms with van der Waals surface area (Å²) in [6, 6.07) is 4.03. The van der Waals surface area contributed by atoms with Gasteiger partial charge in [0.2, 0.25) is 0 Å². The quantitative estimate of drug-likeness (QED) is 0.782. The maximum atomic E-state index is 5.84. The van der Waals surface area contributed by atoms with Crippen LogP contribution in [0.2, 0.25) is 0 Å². The van der Waals surface area contributed by atoms with Crippen molar-refractivity contribution in [3.05, 3.63) is 22.2 Å². The summed E-state index contributed by atoms with van der Waals surface area (Å²) in [4.78, 5) is 0. The zero-order valence-corrected chi connectivity index (χ0v) is 13.8. The second-order valence-corrected chi connectivity index (χ2v) is 5.89. The number of hydrogen-bond donors (Lipinski definition) is 1. The molecule has 1 rings (SSSR count). The fraction of sp³-hybridized carbons (Fsp3) is 0.600. The topological polar surface area (TPSA) is 30.5 Å². The van der Waals surface area contributed by atoms with E-state index in [4.69, 9.17) is 9.47 Å². The van der Waals surface area contributed by atoms with Gasteiger partial charge in [-0.25, -0.2) is 0 Å². The molecule has 0 atom stereocenters. The minimum atomic E-state index is 0.633. The molecule has 1 N–H and O–H groups in total. The van der Waals surface area contributed by atoms with Gasteiger partial charge < -0.3 is 14.8 Å². The molecule has 0 radical (unpaired) electrons. The molecule has 108 valence electrons. The van der Waals surface area contributed by atoms with E-state index in [0.29, 0.717) is 12.5 Å². The van der Waals surface area contributed by atoms with Gasteiger partial charge in [0.05, 0.1) is 13.7 Å². The van der Waals surface area contributed by atoms with Crippen molar-refractivity contribution in [1.82, 2.24) is 5.32 Å². The van der Waals surface area contributed by atoms with E-state index in [-0.39, 0.29) is 0 Å². The second kappa shape index (κ2) is 8.43. The minimum absolute atomic E-state index is 0.633. The molecule has 0 aliphatic carbocycles. The second-order valence-electron chi connectivity index (χ2n) is 4.97. The van der Waals surface area contributed by atoms with Crippen LogP contribution in [0.4, 0.5) is 0 Å². The van der Waals surface area contributed by atoms with Gasteiger partial charge in [-0.15, -0.1) is 0 Å². The van der Waals surface area contributed by atoms with Crippen LogP contribution in [0.25, 0.3) is 0 Å². The molecule has 0 amide bonds. The summed E-state index contributed by atoms with van der Waals surface area (Å²) in [6.07, 6.45) is 0.984. The van der Waals surface area contributed by atoms with Crippen LogP contribution in [-0.4, -0.2) is 20.3 Å². The normalized spacial score (nSPS) is 10.8. The smallest absolute Gasteiger partial charge is 0.165 e. The highest BCUT2D eigenvalue weighted by atomic mass is 79.9. The maximum Gasteiger partial charge on any atom is 0.165 e. The molecule has 0 saturated carbocycles. The molecule has 0 aliphatic rings. The highest BCUT2D eigenvalue weighted by Crippen LogP contribution is 2.35. The van der Waals surface area contributed by atoms with Gasteiger partial charge in [0.1, 0.15) is 0 Å². The number of hydrogen-bond acceptors (Lipinski definition) is 3. The van der Waals surface area contributed by atoms with Gasteiger partial charge in [0.25, 0.3) is 0 Å². The summed E-state index contributed by atoms with van der Waals surface area (Å²) in [5, 5.41) is 3.44. The molecule has 0 bridgehead atoms. The highest BCUT2D eigenvalue weighted by molar-refractivity contribution is 9.10. The molecule has 0 aromatic heterocycles. The fourth-order valence-electron chi connectivity index (χ4n) is 1.77. The monoisotopic (exact) mass is 329 g/mol. The lowest BCUT2D eigenvalue weighted by atomic mass is 10.1. The molecule has 0 unspecified atom stereocenters. The van der Waals surface area contributed by atoms with Gasteiger partial charge in [0, 0.05) is 16.6 Å². The summed E-state index contributed by atoms with van der Waals surface area (Å²) in [5.41, 5.74) is 1.13. The first kappa shape index (κ1) is 16.3. The van der Waals surface area contributed by atoms with Crippen LogP contribution in [0.1, 0.15) is 32.8 Å². The third-order valence-corrected chi connectivity index (χ3v) is 3.09. The number of nitrogens with one attached hydrogen (secondary N) is 1. The molecule has 3 nitrogen and oxygen atoms in total. The first-order valence-corrected chi connectivity index (χ1v) is 7.57. The SMILES string of the molecule is CCCOc1c(CNCC(C)C)cc(Br)cc1OC. The zero-order chi connectivity index (χ0) is 14.3. The van der Waals surface area contributed by atoms with E-state index >= 15 is 0 Å². The van der Waals surface area contributed by atoms with Crippen molar-refractivity contribution in [3.63, 3.8) is 0 Å². The van der Waals surface area contributed by atoms with Gasteiger partial charge in [-0.05, 0) is 31.0 Å². The van der Waals surface area contributed by atoms with Gasteiger partial charge >= 0.3 is 0 Å². The summed E-state index contributed by atoms with van der Waals surface area (Å²) < 4.78 is 12.3. The lowest BCUT2D eigenvalue weighted by Gasteiger charge is -2.16. The number of benzene rings is 1. The number of ether oxygens (including phenoxy) is 2. The van der Waals surface area contributed by atoms with Crippen LogP contribution in [-0.2, 0) is 6.54 Å². The zero-order valence-electron chi connectivity index (χ0n) is 12.3. The Morgan fingerprint density at radius 2 is 2.05 bits per heavy atom. The van der Waals surface area contributed by atoms with E-state index in [2.05, 4.69) is 48.1 Å². The molecule has 0 saturated heterocycles. The van der Waals surface area contributed by atoms with E-state index in [1.807, 2.05) is 6.07 Å². The van der Waals surface area contributed by atoms with E-state index in [1.165, 1.54) is 0 Å². The predicted octanol–water partition coefficient (Wildman–Crippen LogP) is 3.99. The number of methoxy groups -OCH3 is 1. The first-order chi connectivity index (χ1) is 9.08. The Morgan fingerprint density at radius 1 is 1.32 bits per heavy atom. The molecule has 0 aliphatic heterocycles. The van der Waals surface area contributed by atoms with E-state index in [0.717, 1.165) is 41.0 Å². The van der Waals surface area contributed by atoms with Gasteiger partial charge in [-0.2, -0.15) is 0 Å². The minimum Gasteiger partial charge on any atom is -0.493 e. The standard InChI is InChI=1S/C15H24BrNO2/c1-5-6-19-15-12(10-17-9-11(2)3)7-13(16)8-14(15)18-4/h7-8,11,17H,5-6,9-10H2,1-4H3. The van der Waals surface area contributed by atoms with E-state index in [9.17, 15) is 0 Å². The molecule has 4 heteroatoms. The Bertz CT molecular complexity index is 394. The Kier molecular flexibility index (Phi) is 7.24. The lowest BCUT2D eigenvalue weighted by molar-refractivity contribution is 0.290. The Hall–Kier alpha value is -0.740. The molecular weight excluding hydrogens is 306 g/mol. The van der Waals surface area contributed by atoms with Crippen molar-refractivity contribution in [1.29, 1.82) is 0 Å². The molecule has 1 aromatic carbocycles. The van der Waals surface area contributed by atoms with E-state index in [1.54, 1.807) is 7.11 Å². The fourth-order valence-corrected chi connectivity index (χ4v) is 2.25. The summed E-state index contributed by atoms with van der Waals surface area (Å²) >= 11 is 3.51. The molecular formula is C15H24BrNO2. The van der Waals surface area contributed by atoms with Crippen molar-refractivity contribution in [2.75, 3.05) is 20.3 Å². The van der Waals surface area contributed by atoms with Crippen LogP contribution in [0, 0.1) is 5.92 Å². The molecule has 19 heavy (non-hydrogen) atoms. The van der Waals surface area contributed by atoms with Crippen molar-refractivity contribution >= 4 is 15.9 Å². The van der Waals surface area contributed by atoms with Gasteiger partial charge in [-0.1, -0.05) is 36.7 Å². The van der Waals surface area contributed by atoms with Crippen LogP contribution in [0.15, 0.2) is 16.6 Å². The third kappa shape index (κ3) is 5.41. The molecule has 0 spiro atoms. The summed E-state index contributed by atoms with van der Waals surface area (Å²) in [5.74, 6) is 2.27. The molecule has 0 heterocycles. The average Bonchev–Trinajstić information content (AvgIpc) is 2.36. The van der Waals surface area contributed by atoms with Gasteiger partial charge in [-0.3, -0.25) is 0 Å². The van der Waals surface area contributed by atoms with Crippen LogP contribution < -0.4 is 14.8 Å². The van der Waals surface area contributed by atoms with Crippen LogP contribution in [0.3, 0.4) is 0 Å². The summed E-state index contributed by atoms with van der Waals surface area (Å²) in [6.45, 7) is 8.97. The van der Waals surface area contributed by atoms with Crippen molar-refractivity contribution in [3.8, 4) is 11.5 Å². The average molecular weight is 330 g/mol. The number of rotatable bonds is 8. The third-order valence-electron chi connectivity index (χ3n) is 2.64. The first-order valence-electron chi connectivity index (χ1n) is 6.78. The Labute approximate surface area is 124 Å². The largest absolute Gasteiger partial charge is 0.493 e. The van der Waals surface area contributed by atoms with Crippen molar-refractivity contribution in [2.24, 2.45) is 5.92 Å². The maximum absolute atomic E-state index is 5.84. The van der Waals surface area contributed by atoms with Crippen LogP contribution >= 0.6 is 15.9 Å². The molecule has 0 fully saturated rings. The van der Waals surface area contributed by atoms with E-state index < -0.39 is 0 Å². The highest BCUT2D eigenvalue weighted by Gasteiger charge is 2.12. The van der Waals surface area contributed by atoms with Crippen molar-refractivity contribution in [2.45, 2.75) is 33.7 Å². The molecule has 1 aromatic rings. The predicted molar refractivity (Wildman–Crippen MR) is 83.0 cm³/mol. The Balaban J connectivity index is 2.88. The summed E-state index contributed by atoms with van der Waals surface area (Å²) in [7, 11) is 1.67. The van der Waals surface area contributed by atoms with Crippen molar-refractivity contribution < 1.29 is 9.47 Å². The van der Waals surface area contributed by atoms with Crippen LogP contribution in [0.5, 0.6) is 11.5 Å². The Morgan fingerprint density at radius 3 is 2.63 bits per heavy atom.